The third-order valence-corrected chi connectivity index (χ3v) is 4.43. The molecule has 2 amide bonds. The van der Waals surface area contributed by atoms with E-state index in [4.69, 9.17) is 53.9 Å². The van der Waals surface area contributed by atoms with Crippen molar-refractivity contribution in [2.45, 2.75) is 0 Å². The van der Waals surface area contributed by atoms with E-state index in [0.29, 0.717) is 10.1 Å². The minimum Gasteiger partial charge on any atom is -0.493 e. The molecule has 0 aliphatic carbocycles. The SMILES string of the molecule is COc1cc(Cl)cc(OC)c1OC(=O)ON(C(=O)N(C)C)c1ccc(Cl)c(Cl)c1. The molecule has 0 fully saturated rings. The number of carbonyl (C=O) groups is 2. The summed E-state index contributed by atoms with van der Waals surface area (Å²) in [7, 11) is 5.68. The Morgan fingerprint density at radius 1 is 0.897 bits per heavy atom. The molecule has 0 heterocycles. The fourth-order valence-corrected chi connectivity index (χ4v) is 2.61. The second-order valence-corrected chi connectivity index (χ2v) is 6.90. The molecule has 0 spiro atoms. The number of hydrogen-bond donors (Lipinski definition) is 0. The predicted molar refractivity (Wildman–Crippen MR) is 110 cm³/mol. The maximum absolute atomic E-state index is 12.5. The van der Waals surface area contributed by atoms with E-state index in [1.807, 2.05) is 0 Å². The molecule has 2 aromatic rings. The van der Waals surface area contributed by atoms with E-state index >= 15 is 0 Å². The molecule has 0 radical (unpaired) electrons. The van der Waals surface area contributed by atoms with E-state index in [0.717, 1.165) is 0 Å². The highest BCUT2D eigenvalue weighted by Crippen LogP contribution is 2.40. The maximum atomic E-state index is 12.5. The van der Waals surface area contributed by atoms with E-state index in [2.05, 4.69) is 0 Å². The third kappa shape index (κ3) is 5.50. The zero-order valence-corrected chi connectivity index (χ0v) is 18.1. The van der Waals surface area contributed by atoms with Gasteiger partial charge >= 0.3 is 12.2 Å². The van der Waals surface area contributed by atoms with Gasteiger partial charge in [-0.1, -0.05) is 34.8 Å². The fraction of sp³-hybridized carbons (Fsp3) is 0.222. The Labute approximate surface area is 182 Å². The van der Waals surface area contributed by atoms with E-state index in [9.17, 15) is 9.59 Å². The van der Waals surface area contributed by atoms with Gasteiger partial charge in [-0.15, -0.1) is 5.06 Å². The summed E-state index contributed by atoms with van der Waals surface area (Å²) in [4.78, 5) is 31.2. The van der Waals surface area contributed by atoms with Gasteiger partial charge in [-0.3, -0.25) is 4.84 Å². The van der Waals surface area contributed by atoms with Gasteiger partial charge in [0.1, 0.15) is 0 Å². The quantitative estimate of drug-likeness (QED) is 0.349. The Kier molecular flexibility index (Phi) is 7.66. The first-order valence-corrected chi connectivity index (χ1v) is 9.09. The largest absolute Gasteiger partial charge is 0.539 e. The predicted octanol–water partition coefficient (Wildman–Crippen LogP) is 5.28. The summed E-state index contributed by atoms with van der Waals surface area (Å²) in [6, 6.07) is 6.45. The number of urea groups is 1. The van der Waals surface area contributed by atoms with Crippen LogP contribution in [0.3, 0.4) is 0 Å². The zero-order chi connectivity index (χ0) is 21.7. The number of anilines is 1. The van der Waals surface area contributed by atoms with Crippen LogP contribution in [0.4, 0.5) is 15.3 Å². The standard InChI is InChI=1S/C18H17Cl3N2O6/c1-22(2)17(24)23(11-5-6-12(20)13(21)9-11)29-18(25)28-16-14(26-3)7-10(19)8-15(16)27-4/h5-9H,1-4H3. The van der Waals surface area contributed by atoms with Crippen molar-refractivity contribution in [2.24, 2.45) is 0 Å². The monoisotopic (exact) mass is 462 g/mol. The number of rotatable bonds is 4. The number of nitrogens with zero attached hydrogens (tertiary/aromatic N) is 2. The minimum atomic E-state index is -1.23. The second-order valence-electron chi connectivity index (χ2n) is 5.65. The zero-order valence-electron chi connectivity index (χ0n) is 15.9. The van der Waals surface area contributed by atoms with Crippen LogP contribution >= 0.6 is 34.8 Å². The molecule has 0 atom stereocenters. The molecular formula is C18H17Cl3N2O6. The molecule has 8 nitrogen and oxygen atoms in total. The van der Waals surface area contributed by atoms with E-state index in [1.165, 1.54) is 63.5 Å². The van der Waals surface area contributed by atoms with Gasteiger partial charge in [-0.05, 0) is 18.2 Å². The first-order chi connectivity index (χ1) is 13.7. The molecule has 0 bridgehead atoms. The highest BCUT2D eigenvalue weighted by molar-refractivity contribution is 6.42. The molecule has 0 aliphatic heterocycles. The smallest absolute Gasteiger partial charge is 0.493 e. The lowest BCUT2D eigenvalue weighted by atomic mass is 10.3. The van der Waals surface area contributed by atoms with Crippen LogP contribution in [0.25, 0.3) is 0 Å². The molecule has 11 heteroatoms. The highest BCUT2D eigenvalue weighted by Gasteiger charge is 2.26. The third-order valence-electron chi connectivity index (χ3n) is 3.47. The van der Waals surface area contributed by atoms with Crippen LogP contribution in [0.1, 0.15) is 0 Å². The van der Waals surface area contributed by atoms with Crippen molar-refractivity contribution in [3.05, 3.63) is 45.4 Å². The first-order valence-electron chi connectivity index (χ1n) is 7.95. The molecular weight excluding hydrogens is 447 g/mol. The summed E-state index contributed by atoms with van der Waals surface area (Å²) in [6.07, 6.45) is -1.23. The first kappa shape index (κ1) is 22.7. The summed E-state index contributed by atoms with van der Waals surface area (Å²) >= 11 is 17.9. The number of hydroxylamine groups is 1. The lowest BCUT2D eigenvalue weighted by molar-refractivity contribution is 0.0863. The number of halogens is 3. The van der Waals surface area contributed by atoms with Crippen LogP contribution in [0.15, 0.2) is 30.3 Å². The summed E-state index contributed by atoms with van der Waals surface area (Å²) in [5.74, 6) is 0.188. The minimum absolute atomic E-state index is 0.0733. The van der Waals surface area contributed by atoms with E-state index < -0.39 is 12.2 Å². The van der Waals surface area contributed by atoms with Gasteiger partial charge in [0.2, 0.25) is 5.75 Å². The molecule has 2 rings (SSSR count). The Bertz CT molecular complexity index is 897. The van der Waals surface area contributed by atoms with Crippen LogP contribution in [-0.4, -0.2) is 45.4 Å². The van der Waals surface area contributed by atoms with Gasteiger partial charge in [0.25, 0.3) is 0 Å². The number of amides is 2. The van der Waals surface area contributed by atoms with Crippen molar-refractivity contribution in [2.75, 3.05) is 33.4 Å². The lowest BCUT2D eigenvalue weighted by Gasteiger charge is -2.24. The summed E-state index contributed by atoms with van der Waals surface area (Å²) < 4.78 is 15.5. The Morgan fingerprint density at radius 2 is 1.48 bits per heavy atom. The van der Waals surface area contributed by atoms with Gasteiger partial charge in [0, 0.05) is 31.3 Å². The average Bonchev–Trinajstić information content (AvgIpc) is 2.68. The molecule has 156 valence electrons. The van der Waals surface area contributed by atoms with Gasteiger partial charge in [0.05, 0.1) is 30.0 Å². The van der Waals surface area contributed by atoms with Crippen LogP contribution in [0.2, 0.25) is 15.1 Å². The topological polar surface area (TPSA) is 77.5 Å². The van der Waals surface area contributed by atoms with Crippen LogP contribution in [0, 0.1) is 0 Å². The molecule has 0 aromatic heterocycles. The summed E-state index contributed by atoms with van der Waals surface area (Å²) in [6.45, 7) is 0. The number of carbonyl (C=O) groups excluding carboxylic acids is 2. The van der Waals surface area contributed by atoms with Crippen LogP contribution < -0.4 is 19.3 Å². The summed E-state index contributed by atoms with van der Waals surface area (Å²) in [5.41, 5.74) is 0.157. The fourth-order valence-electron chi connectivity index (χ4n) is 2.12. The highest BCUT2D eigenvalue weighted by atomic mass is 35.5. The van der Waals surface area contributed by atoms with Crippen molar-refractivity contribution in [3.8, 4) is 17.2 Å². The number of methoxy groups -OCH3 is 2. The molecule has 29 heavy (non-hydrogen) atoms. The van der Waals surface area contributed by atoms with Crippen molar-refractivity contribution in [3.63, 3.8) is 0 Å². The molecule has 2 aromatic carbocycles. The van der Waals surface area contributed by atoms with Crippen molar-refractivity contribution >= 4 is 52.7 Å². The number of hydrogen-bond acceptors (Lipinski definition) is 6. The maximum Gasteiger partial charge on any atom is 0.539 e. The Hall–Kier alpha value is -2.55. The van der Waals surface area contributed by atoms with Gasteiger partial charge in [0.15, 0.2) is 11.5 Å². The van der Waals surface area contributed by atoms with Gasteiger partial charge in [-0.2, -0.15) is 0 Å². The van der Waals surface area contributed by atoms with Crippen molar-refractivity contribution in [1.82, 2.24) is 4.90 Å². The molecule has 0 N–H and O–H groups in total. The lowest BCUT2D eigenvalue weighted by Crippen LogP contribution is -2.41. The van der Waals surface area contributed by atoms with Crippen LogP contribution in [0.5, 0.6) is 17.2 Å². The molecule has 0 saturated carbocycles. The number of benzene rings is 2. The second kappa shape index (κ2) is 9.78. The normalized spacial score (nSPS) is 10.2. The van der Waals surface area contributed by atoms with E-state index in [1.54, 1.807) is 0 Å². The summed E-state index contributed by atoms with van der Waals surface area (Å²) in [5, 5.41) is 1.45. The molecule has 0 aliphatic rings. The Balaban J connectivity index is 2.34. The van der Waals surface area contributed by atoms with Crippen molar-refractivity contribution in [1.29, 1.82) is 0 Å². The van der Waals surface area contributed by atoms with E-state index in [-0.39, 0.29) is 33.0 Å². The van der Waals surface area contributed by atoms with Gasteiger partial charge < -0.3 is 19.1 Å². The Morgan fingerprint density at radius 3 is 1.97 bits per heavy atom. The molecule has 0 saturated heterocycles. The van der Waals surface area contributed by atoms with Crippen LogP contribution in [-0.2, 0) is 4.84 Å². The molecule has 0 unspecified atom stereocenters. The van der Waals surface area contributed by atoms with Crippen molar-refractivity contribution < 1.29 is 28.6 Å². The average molecular weight is 464 g/mol. The van der Waals surface area contributed by atoms with Gasteiger partial charge in [-0.25, -0.2) is 9.59 Å². The number of ether oxygens (including phenoxy) is 3.